The number of halogens is 4. The normalized spacial score (nSPS) is 19.9. The van der Waals surface area contributed by atoms with Crippen LogP contribution in [0, 0.1) is 0 Å². The van der Waals surface area contributed by atoms with Crippen LogP contribution in [0.25, 0.3) is 0 Å². The van der Waals surface area contributed by atoms with Gasteiger partial charge in [-0.15, -0.1) is 0 Å². The molecule has 2 atom stereocenters. The van der Waals surface area contributed by atoms with Crippen LogP contribution in [0.5, 0.6) is 17.2 Å². The molecule has 12 heteroatoms. The van der Waals surface area contributed by atoms with E-state index in [1.165, 1.54) is 12.0 Å². The monoisotopic (exact) mass is 578 g/mol. The number of nitrogens with zero attached hydrogens (tertiary/aromatic N) is 2. The number of hydrogen-bond acceptors (Lipinski definition) is 6. The van der Waals surface area contributed by atoms with E-state index < -0.39 is 29.8 Å². The van der Waals surface area contributed by atoms with Gasteiger partial charge in [0.2, 0.25) is 6.79 Å². The first-order chi connectivity index (χ1) is 17.7. The van der Waals surface area contributed by atoms with Gasteiger partial charge in [0.25, 0.3) is 17.7 Å². The number of hydrogen-bond donors (Lipinski definition) is 0. The highest BCUT2D eigenvalue weighted by Gasteiger charge is 2.58. The summed E-state index contributed by atoms with van der Waals surface area (Å²) in [5.41, 5.74) is 0.745. The minimum Gasteiger partial charge on any atom is -0.497 e. The second-order valence-corrected chi connectivity index (χ2v) is 9.91. The number of anilines is 1. The molecular weight excluding hydrogens is 566 g/mol. The second-order valence-electron chi connectivity index (χ2n) is 8.40. The zero-order valence-electron chi connectivity index (χ0n) is 18.8. The number of carbonyl (C=O) groups is 3. The molecule has 37 heavy (non-hydrogen) atoms. The maximum Gasteiger partial charge on any atom is 0.264 e. The SMILES string of the molecule is COc1cccc(N2C(=O)C(N3C(=O)c4c(Cl)c(Cl)c(Cl)c(Cl)c4C3=O)C2c2ccc3c(c2)OCO3)c1. The molecule has 0 aromatic heterocycles. The zero-order valence-corrected chi connectivity index (χ0v) is 21.8. The van der Waals surface area contributed by atoms with Crippen LogP contribution in [-0.4, -0.2) is 42.6 Å². The standard InChI is InChI=1S/C25H14Cl4N2O6/c1-35-12-4-2-3-11(8-12)30-21(10-5-6-13-14(7-10)37-9-36-13)22(25(30)34)31-23(32)15-16(24(31)33)18(27)20(29)19(28)17(15)26/h2-8,21-22H,9H2,1H3. The van der Waals surface area contributed by atoms with E-state index in [2.05, 4.69) is 0 Å². The molecule has 3 aromatic rings. The molecule has 0 bridgehead atoms. The first-order valence-electron chi connectivity index (χ1n) is 10.8. The number of ether oxygens (including phenoxy) is 3. The van der Waals surface area contributed by atoms with E-state index >= 15 is 0 Å². The van der Waals surface area contributed by atoms with Crippen LogP contribution in [0.3, 0.4) is 0 Å². The Labute approximate surface area is 230 Å². The maximum atomic E-state index is 13.7. The lowest BCUT2D eigenvalue weighted by Crippen LogP contribution is -2.67. The van der Waals surface area contributed by atoms with Crippen molar-refractivity contribution in [2.24, 2.45) is 0 Å². The predicted molar refractivity (Wildman–Crippen MR) is 137 cm³/mol. The van der Waals surface area contributed by atoms with Crippen LogP contribution in [0.15, 0.2) is 42.5 Å². The Hall–Kier alpha value is -3.17. The summed E-state index contributed by atoms with van der Waals surface area (Å²) in [6.07, 6.45) is 0. The van der Waals surface area contributed by atoms with Crippen molar-refractivity contribution in [3.05, 3.63) is 79.2 Å². The molecule has 6 rings (SSSR count). The van der Waals surface area contributed by atoms with Crippen molar-refractivity contribution in [1.29, 1.82) is 0 Å². The molecule has 1 saturated heterocycles. The van der Waals surface area contributed by atoms with E-state index in [1.54, 1.807) is 42.5 Å². The fourth-order valence-electron chi connectivity index (χ4n) is 4.82. The summed E-state index contributed by atoms with van der Waals surface area (Å²) in [6, 6.07) is 10.1. The summed E-state index contributed by atoms with van der Waals surface area (Å²) in [4.78, 5) is 43.1. The van der Waals surface area contributed by atoms with Crippen LogP contribution in [0.2, 0.25) is 20.1 Å². The van der Waals surface area contributed by atoms with Crippen LogP contribution in [0.1, 0.15) is 32.3 Å². The van der Waals surface area contributed by atoms with E-state index in [9.17, 15) is 14.4 Å². The first kappa shape index (κ1) is 24.2. The summed E-state index contributed by atoms with van der Waals surface area (Å²) in [5, 5.41) is -0.716. The number of rotatable bonds is 4. The van der Waals surface area contributed by atoms with Gasteiger partial charge in [0, 0.05) is 11.8 Å². The van der Waals surface area contributed by atoms with Crippen molar-refractivity contribution in [2.45, 2.75) is 12.1 Å². The Morgan fingerprint density at radius 1 is 0.784 bits per heavy atom. The number of benzene rings is 3. The molecule has 0 N–H and O–H groups in total. The van der Waals surface area contributed by atoms with Crippen molar-refractivity contribution in [1.82, 2.24) is 4.90 Å². The molecule has 0 spiro atoms. The molecule has 3 heterocycles. The minimum atomic E-state index is -1.20. The van der Waals surface area contributed by atoms with Gasteiger partial charge < -0.3 is 19.1 Å². The number of methoxy groups -OCH3 is 1. The third kappa shape index (κ3) is 3.40. The van der Waals surface area contributed by atoms with Crippen LogP contribution in [0.4, 0.5) is 5.69 Å². The number of imide groups is 1. The number of carbonyl (C=O) groups excluding carboxylic acids is 3. The van der Waals surface area contributed by atoms with Gasteiger partial charge in [0.05, 0.1) is 44.4 Å². The summed E-state index contributed by atoms with van der Waals surface area (Å²) in [6.45, 7) is 0.0579. The average molecular weight is 580 g/mol. The topological polar surface area (TPSA) is 85.4 Å². The van der Waals surface area contributed by atoms with Crippen molar-refractivity contribution in [2.75, 3.05) is 18.8 Å². The Balaban J connectivity index is 1.48. The molecule has 3 aliphatic heterocycles. The fourth-order valence-corrected chi connectivity index (χ4v) is 5.84. The van der Waals surface area contributed by atoms with Gasteiger partial charge in [-0.2, -0.15) is 0 Å². The Kier molecular flexibility index (Phi) is 5.69. The van der Waals surface area contributed by atoms with Crippen molar-refractivity contribution < 1.29 is 28.6 Å². The Morgan fingerprint density at radius 3 is 2.08 bits per heavy atom. The molecule has 3 aliphatic rings. The zero-order chi connectivity index (χ0) is 26.2. The molecule has 1 fully saturated rings. The van der Waals surface area contributed by atoms with E-state index in [-0.39, 0.29) is 38.0 Å². The number of fused-ring (bicyclic) bond motifs is 2. The minimum absolute atomic E-state index is 0.0579. The third-order valence-electron chi connectivity index (χ3n) is 6.55. The number of amides is 3. The molecule has 3 amide bonds. The lowest BCUT2D eigenvalue weighted by atomic mass is 9.86. The van der Waals surface area contributed by atoms with Gasteiger partial charge in [-0.25, -0.2) is 0 Å². The van der Waals surface area contributed by atoms with Crippen LogP contribution < -0.4 is 19.1 Å². The largest absolute Gasteiger partial charge is 0.497 e. The molecule has 0 saturated carbocycles. The average Bonchev–Trinajstić information content (AvgIpc) is 3.47. The summed E-state index contributed by atoms with van der Waals surface area (Å²) >= 11 is 24.9. The lowest BCUT2D eigenvalue weighted by Gasteiger charge is -2.49. The van der Waals surface area contributed by atoms with Gasteiger partial charge >= 0.3 is 0 Å². The van der Waals surface area contributed by atoms with Gasteiger partial charge in [-0.05, 0) is 29.8 Å². The molecule has 2 unspecified atom stereocenters. The van der Waals surface area contributed by atoms with Gasteiger partial charge in [0.1, 0.15) is 11.8 Å². The van der Waals surface area contributed by atoms with E-state index in [1.807, 2.05) is 0 Å². The Bertz CT molecular complexity index is 1500. The van der Waals surface area contributed by atoms with Crippen molar-refractivity contribution in [3.63, 3.8) is 0 Å². The molecule has 3 aromatic carbocycles. The van der Waals surface area contributed by atoms with Crippen molar-refractivity contribution in [3.8, 4) is 17.2 Å². The molecule has 8 nitrogen and oxygen atoms in total. The first-order valence-corrected chi connectivity index (χ1v) is 12.4. The quantitative estimate of drug-likeness (QED) is 0.168. The number of β-lactam (4-membered cyclic amide) rings is 1. The van der Waals surface area contributed by atoms with E-state index in [0.29, 0.717) is 28.5 Å². The smallest absolute Gasteiger partial charge is 0.264 e. The highest BCUT2D eigenvalue weighted by atomic mass is 35.5. The molecule has 188 valence electrons. The van der Waals surface area contributed by atoms with E-state index in [0.717, 1.165) is 4.90 Å². The fraction of sp³-hybridized carbons (Fsp3) is 0.160. The predicted octanol–water partition coefficient (Wildman–Crippen LogP) is 5.79. The maximum absolute atomic E-state index is 13.7. The van der Waals surface area contributed by atoms with Crippen molar-refractivity contribution >= 4 is 69.8 Å². The summed E-state index contributed by atoms with van der Waals surface area (Å²) < 4.78 is 16.2. The van der Waals surface area contributed by atoms with Crippen LogP contribution >= 0.6 is 46.4 Å². The Morgan fingerprint density at radius 2 is 1.43 bits per heavy atom. The molecule has 0 aliphatic carbocycles. The summed E-state index contributed by atoms with van der Waals surface area (Å²) in [7, 11) is 1.51. The molecule has 0 radical (unpaired) electrons. The van der Waals surface area contributed by atoms with Gasteiger partial charge in [0.15, 0.2) is 11.5 Å². The van der Waals surface area contributed by atoms with E-state index in [4.69, 9.17) is 60.6 Å². The second kappa shape index (κ2) is 8.70. The lowest BCUT2D eigenvalue weighted by molar-refractivity contribution is -0.130. The highest BCUT2D eigenvalue weighted by Crippen LogP contribution is 2.50. The van der Waals surface area contributed by atoms with Crippen LogP contribution in [-0.2, 0) is 4.79 Å². The highest BCUT2D eigenvalue weighted by molar-refractivity contribution is 6.55. The van der Waals surface area contributed by atoms with Gasteiger partial charge in [-0.3, -0.25) is 19.3 Å². The van der Waals surface area contributed by atoms with Gasteiger partial charge in [-0.1, -0.05) is 58.5 Å². The third-order valence-corrected chi connectivity index (χ3v) is 8.35. The molecular formula is C25H14Cl4N2O6. The summed E-state index contributed by atoms with van der Waals surface area (Å²) in [5.74, 6) is -0.521.